The second-order valence-corrected chi connectivity index (χ2v) is 6.41. The standard InChI is InChI=1S/C13H22N2O4S/c1-9(2)11(8-14)15-20(16,17)13-6-5-10(18-3)7-12(13)19-4/h5-7,9,11,15H,8,14H2,1-4H3. The third-order valence-electron chi connectivity index (χ3n) is 3.03. The van der Waals surface area contributed by atoms with E-state index in [-0.39, 0.29) is 29.1 Å². The molecule has 1 unspecified atom stereocenters. The SMILES string of the molecule is COc1ccc(S(=O)(=O)NC(CN)C(C)C)c(OC)c1. The molecule has 1 aromatic rings. The van der Waals surface area contributed by atoms with Gasteiger partial charge in [0.1, 0.15) is 16.4 Å². The zero-order valence-corrected chi connectivity index (χ0v) is 13.0. The molecule has 1 aromatic carbocycles. The van der Waals surface area contributed by atoms with Gasteiger partial charge in [-0.25, -0.2) is 13.1 Å². The van der Waals surface area contributed by atoms with Gasteiger partial charge in [-0.05, 0) is 18.1 Å². The molecule has 0 saturated carbocycles. The molecular formula is C13H22N2O4S. The van der Waals surface area contributed by atoms with Crippen molar-refractivity contribution in [2.75, 3.05) is 20.8 Å². The largest absolute Gasteiger partial charge is 0.497 e. The molecule has 0 aliphatic carbocycles. The lowest BCUT2D eigenvalue weighted by molar-refractivity contribution is 0.385. The smallest absolute Gasteiger partial charge is 0.244 e. The van der Waals surface area contributed by atoms with Crippen LogP contribution in [0.5, 0.6) is 11.5 Å². The van der Waals surface area contributed by atoms with Crippen LogP contribution in [0.4, 0.5) is 0 Å². The van der Waals surface area contributed by atoms with Crippen molar-refractivity contribution in [3.05, 3.63) is 18.2 Å². The van der Waals surface area contributed by atoms with Gasteiger partial charge >= 0.3 is 0 Å². The summed E-state index contributed by atoms with van der Waals surface area (Å²) in [5, 5.41) is 0. The van der Waals surface area contributed by atoms with Crippen LogP contribution in [0.2, 0.25) is 0 Å². The fraction of sp³-hybridized carbons (Fsp3) is 0.538. The van der Waals surface area contributed by atoms with E-state index >= 15 is 0 Å². The highest BCUT2D eigenvalue weighted by molar-refractivity contribution is 7.89. The number of sulfonamides is 1. The minimum atomic E-state index is -3.69. The van der Waals surface area contributed by atoms with Crippen LogP contribution in [-0.2, 0) is 10.0 Å². The molecule has 1 atom stereocenters. The van der Waals surface area contributed by atoms with E-state index in [1.54, 1.807) is 6.07 Å². The van der Waals surface area contributed by atoms with Crippen LogP contribution in [0.15, 0.2) is 23.1 Å². The van der Waals surface area contributed by atoms with Gasteiger partial charge in [0.25, 0.3) is 0 Å². The summed E-state index contributed by atoms with van der Waals surface area (Å²) in [7, 11) is -0.777. The predicted molar refractivity (Wildman–Crippen MR) is 77.5 cm³/mol. The minimum absolute atomic E-state index is 0.0694. The third-order valence-corrected chi connectivity index (χ3v) is 4.55. The molecule has 0 aromatic heterocycles. The van der Waals surface area contributed by atoms with Gasteiger partial charge in [-0.2, -0.15) is 0 Å². The molecule has 0 spiro atoms. The van der Waals surface area contributed by atoms with Gasteiger partial charge in [0.2, 0.25) is 10.0 Å². The van der Waals surface area contributed by atoms with E-state index in [9.17, 15) is 8.42 Å². The Morgan fingerprint density at radius 2 is 1.90 bits per heavy atom. The average molecular weight is 302 g/mol. The highest BCUT2D eigenvalue weighted by atomic mass is 32.2. The molecule has 0 heterocycles. The molecule has 0 bridgehead atoms. The summed E-state index contributed by atoms with van der Waals surface area (Å²) in [6, 6.07) is 4.23. The molecule has 1 rings (SSSR count). The predicted octanol–water partition coefficient (Wildman–Crippen LogP) is 0.965. The molecule has 0 saturated heterocycles. The normalized spacial score (nSPS) is 13.3. The first kappa shape index (κ1) is 16.7. The average Bonchev–Trinajstić information content (AvgIpc) is 2.43. The summed E-state index contributed by atoms with van der Waals surface area (Å²) >= 11 is 0. The fourth-order valence-electron chi connectivity index (χ4n) is 1.72. The van der Waals surface area contributed by atoms with Crippen molar-refractivity contribution in [1.82, 2.24) is 4.72 Å². The molecule has 114 valence electrons. The number of hydrogen-bond acceptors (Lipinski definition) is 5. The van der Waals surface area contributed by atoms with E-state index in [1.807, 2.05) is 13.8 Å². The van der Waals surface area contributed by atoms with Crippen LogP contribution in [0.1, 0.15) is 13.8 Å². The molecule has 0 fully saturated rings. The van der Waals surface area contributed by atoms with Crippen LogP contribution in [0.25, 0.3) is 0 Å². The Labute approximate surface area is 120 Å². The molecule has 3 N–H and O–H groups in total. The summed E-state index contributed by atoms with van der Waals surface area (Å²) in [5.41, 5.74) is 5.60. The number of nitrogens with one attached hydrogen (secondary N) is 1. The number of hydrogen-bond donors (Lipinski definition) is 2. The topological polar surface area (TPSA) is 90.7 Å². The Morgan fingerprint density at radius 3 is 2.35 bits per heavy atom. The number of rotatable bonds is 7. The number of benzene rings is 1. The highest BCUT2D eigenvalue weighted by Gasteiger charge is 2.24. The Bertz CT molecular complexity index is 543. The van der Waals surface area contributed by atoms with E-state index < -0.39 is 10.0 Å². The van der Waals surface area contributed by atoms with Gasteiger partial charge in [-0.1, -0.05) is 13.8 Å². The number of methoxy groups -OCH3 is 2. The van der Waals surface area contributed by atoms with Crippen molar-refractivity contribution in [2.24, 2.45) is 11.7 Å². The molecule has 0 radical (unpaired) electrons. The monoisotopic (exact) mass is 302 g/mol. The minimum Gasteiger partial charge on any atom is -0.497 e. The van der Waals surface area contributed by atoms with Crippen molar-refractivity contribution in [3.63, 3.8) is 0 Å². The van der Waals surface area contributed by atoms with Gasteiger partial charge in [-0.15, -0.1) is 0 Å². The van der Waals surface area contributed by atoms with Crippen molar-refractivity contribution in [1.29, 1.82) is 0 Å². The third kappa shape index (κ3) is 3.84. The van der Waals surface area contributed by atoms with E-state index in [4.69, 9.17) is 15.2 Å². The molecule has 20 heavy (non-hydrogen) atoms. The fourth-order valence-corrected chi connectivity index (χ4v) is 3.26. The Morgan fingerprint density at radius 1 is 1.25 bits per heavy atom. The van der Waals surface area contributed by atoms with Crippen LogP contribution in [0, 0.1) is 5.92 Å². The van der Waals surface area contributed by atoms with Gasteiger partial charge < -0.3 is 15.2 Å². The Balaban J connectivity index is 3.15. The molecule has 0 amide bonds. The van der Waals surface area contributed by atoms with Crippen LogP contribution < -0.4 is 19.9 Å². The molecular weight excluding hydrogens is 280 g/mol. The second kappa shape index (κ2) is 6.92. The zero-order valence-electron chi connectivity index (χ0n) is 12.2. The lowest BCUT2D eigenvalue weighted by Gasteiger charge is -2.21. The molecule has 0 aliphatic rings. The van der Waals surface area contributed by atoms with Gasteiger partial charge in [0, 0.05) is 18.7 Å². The van der Waals surface area contributed by atoms with Crippen LogP contribution in [-0.4, -0.2) is 35.2 Å². The number of nitrogens with two attached hydrogens (primary N) is 1. The van der Waals surface area contributed by atoms with Gasteiger partial charge in [0.15, 0.2) is 0 Å². The van der Waals surface area contributed by atoms with Crippen molar-refractivity contribution < 1.29 is 17.9 Å². The van der Waals surface area contributed by atoms with E-state index in [0.717, 1.165) is 0 Å². The molecule has 6 nitrogen and oxygen atoms in total. The van der Waals surface area contributed by atoms with E-state index in [1.165, 1.54) is 26.4 Å². The van der Waals surface area contributed by atoms with Gasteiger partial charge in [0.05, 0.1) is 14.2 Å². The summed E-state index contributed by atoms with van der Waals surface area (Å²) < 4.78 is 37.6. The molecule has 7 heteroatoms. The van der Waals surface area contributed by atoms with Crippen molar-refractivity contribution >= 4 is 10.0 Å². The summed E-state index contributed by atoms with van der Waals surface area (Å²) in [6.45, 7) is 4.05. The van der Waals surface area contributed by atoms with E-state index in [0.29, 0.717) is 5.75 Å². The quantitative estimate of drug-likeness (QED) is 0.783. The second-order valence-electron chi connectivity index (χ2n) is 4.72. The first-order chi connectivity index (χ1) is 9.35. The molecule has 0 aliphatic heterocycles. The summed E-state index contributed by atoms with van der Waals surface area (Å²) in [6.07, 6.45) is 0. The van der Waals surface area contributed by atoms with E-state index in [2.05, 4.69) is 4.72 Å². The number of ether oxygens (including phenoxy) is 2. The summed E-state index contributed by atoms with van der Waals surface area (Å²) in [5.74, 6) is 0.857. The lowest BCUT2D eigenvalue weighted by Crippen LogP contribution is -2.43. The zero-order chi connectivity index (χ0) is 15.3. The van der Waals surface area contributed by atoms with Crippen molar-refractivity contribution in [3.8, 4) is 11.5 Å². The van der Waals surface area contributed by atoms with Crippen molar-refractivity contribution in [2.45, 2.75) is 24.8 Å². The Kier molecular flexibility index (Phi) is 5.79. The summed E-state index contributed by atoms with van der Waals surface area (Å²) in [4.78, 5) is 0.0694. The maximum atomic E-state index is 12.4. The lowest BCUT2D eigenvalue weighted by atomic mass is 10.1. The highest BCUT2D eigenvalue weighted by Crippen LogP contribution is 2.28. The maximum Gasteiger partial charge on any atom is 0.244 e. The maximum absolute atomic E-state index is 12.4. The Hall–Kier alpha value is -1.31. The first-order valence-corrected chi connectivity index (χ1v) is 7.78. The van der Waals surface area contributed by atoms with Crippen LogP contribution in [0.3, 0.4) is 0 Å². The first-order valence-electron chi connectivity index (χ1n) is 6.30. The van der Waals surface area contributed by atoms with Crippen LogP contribution >= 0.6 is 0 Å². The van der Waals surface area contributed by atoms with Gasteiger partial charge in [-0.3, -0.25) is 0 Å².